The van der Waals surface area contributed by atoms with E-state index in [-0.39, 0.29) is 6.61 Å². The first-order valence-electron chi connectivity index (χ1n) is 11.7. The van der Waals surface area contributed by atoms with Crippen LogP contribution in [0.3, 0.4) is 0 Å². The Hall–Kier alpha value is -2.45. The Kier molecular flexibility index (Phi) is 6.90. The van der Waals surface area contributed by atoms with Crippen LogP contribution >= 0.6 is 0 Å². The first-order valence-corrected chi connectivity index (χ1v) is 11.7. The summed E-state index contributed by atoms with van der Waals surface area (Å²) < 4.78 is 16.6. The van der Waals surface area contributed by atoms with Gasteiger partial charge in [-0.25, -0.2) is 4.79 Å². The normalized spacial score (nSPS) is 40.1. The molecule has 1 aliphatic heterocycles. The summed E-state index contributed by atoms with van der Waals surface area (Å²) in [6, 6.07) is 0. The molecule has 8 heteroatoms. The summed E-state index contributed by atoms with van der Waals surface area (Å²) >= 11 is 0. The number of cyclic esters (lactones) is 1. The van der Waals surface area contributed by atoms with Crippen molar-refractivity contribution >= 4 is 17.9 Å². The Balaban J connectivity index is 2.23. The minimum atomic E-state index is -1.76. The first kappa shape index (κ1) is 26.2. The molecule has 0 aromatic carbocycles. The van der Waals surface area contributed by atoms with E-state index in [0.717, 1.165) is 5.57 Å². The Labute approximate surface area is 200 Å². The van der Waals surface area contributed by atoms with Crippen LogP contribution in [0, 0.1) is 22.7 Å². The molecule has 0 aromatic heterocycles. The van der Waals surface area contributed by atoms with E-state index < -0.39 is 64.5 Å². The van der Waals surface area contributed by atoms with E-state index in [1.54, 1.807) is 32.9 Å². The molecule has 188 valence electrons. The number of hydrogen-bond donors (Lipinski definition) is 2. The molecular formula is C26H36O8. The summed E-state index contributed by atoms with van der Waals surface area (Å²) in [6.07, 6.45) is 2.56. The summed E-state index contributed by atoms with van der Waals surface area (Å²) in [5.74, 6) is -2.70. The molecule has 3 aliphatic rings. The van der Waals surface area contributed by atoms with Crippen molar-refractivity contribution in [2.24, 2.45) is 22.7 Å². The number of ether oxygens (including phenoxy) is 3. The van der Waals surface area contributed by atoms with Gasteiger partial charge in [-0.2, -0.15) is 0 Å². The van der Waals surface area contributed by atoms with E-state index in [1.165, 1.54) is 19.9 Å². The highest BCUT2D eigenvalue weighted by Gasteiger charge is 2.71. The van der Waals surface area contributed by atoms with Crippen LogP contribution in [0.15, 0.2) is 36.0 Å². The van der Waals surface area contributed by atoms with Crippen molar-refractivity contribution in [3.63, 3.8) is 0 Å². The predicted octanol–water partition coefficient (Wildman–Crippen LogP) is 2.63. The summed E-state index contributed by atoms with van der Waals surface area (Å²) in [7, 11) is 0. The number of aliphatic hydroxyl groups is 2. The van der Waals surface area contributed by atoms with Crippen molar-refractivity contribution in [2.75, 3.05) is 6.61 Å². The number of rotatable bonds is 5. The van der Waals surface area contributed by atoms with E-state index >= 15 is 0 Å². The number of carbonyl (C=O) groups is 3. The second-order valence-corrected chi connectivity index (χ2v) is 10.6. The number of fused-ring (bicyclic) bond motifs is 1. The molecule has 2 saturated carbocycles. The maximum absolute atomic E-state index is 12.7. The number of aliphatic hydroxyl groups excluding tert-OH is 1. The van der Waals surface area contributed by atoms with Crippen LogP contribution in [0.4, 0.5) is 0 Å². The highest BCUT2D eigenvalue weighted by molar-refractivity contribution is 5.86. The third-order valence-corrected chi connectivity index (χ3v) is 8.03. The molecule has 0 radical (unpaired) electrons. The minimum absolute atomic E-state index is 0.104. The van der Waals surface area contributed by atoms with Crippen LogP contribution in [0.25, 0.3) is 0 Å². The fraction of sp³-hybridized carbons (Fsp3) is 0.654. The lowest BCUT2D eigenvalue weighted by Crippen LogP contribution is -2.74. The average molecular weight is 477 g/mol. The van der Waals surface area contributed by atoms with Gasteiger partial charge in [0.05, 0.1) is 12.0 Å². The van der Waals surface area contributed by atoms with E-state index in [4.69, 9.17) is 14.2 Å². The Morgan fingerprint density at radius 2 is 1.88 bits per heavy atom. The van der Waals surface area contributed by atoms with Gasteiger partial charge in [0, 0.05) is 29.7 Å². The zero-order valence-corrected chi connectivity index (χ0v) is 20.8. The van der Waals surface area contributed by atoms with Crippen LogP contribution in [-0.2, 0) is 28.6 Å². The van der Waals surface area contributed by atoms with Crippen molar-refractivity contribution in [1.29, 1.82) is 0 Å². The third kappa shape index (κ3) is 4.11. The Morgan fingerprint density at radius 3 is 2.41 bits per heavy atom. The lowest BCUT2D eigenvalue weighted by atomic mass is 9.43. The van der Waals surface area contributed by atoms with E-state index in [9.17, 15) is 24.6 Å². The lowest BCUT2D eigenvalue weighted by molar-refractivity contribution is -0.280. The van der Waals surface area contributed by atoms with Gasteiger partial charge in [-0.1, -0.05) is 52.0 Å². The van der Waals surface area contributed by atoms with Gasteiger partial charge in [0.2, 0.25) is 0 Å². The molecule has 2 fully saturated rings. The summed E-state index contributed by atoms with van der Waals surface area (Å²) in [5.41, 5.74) is -2.58. The van der Waals surface area contributed by atoms with Crippen molar-refractivity contribution in [3.8, 4) is 0 Å². The molecule has 3 rings (SSSR count). The van der Waals surface area contributed by atoms with Crippen LogP contribution in [-0.4, -0.2) is 58.6 Å². The number of carbonyl (C=O) groups excluding carboxylic acids is 3. The third-order valence-electron chi connectivity index (χ3n) is 8.03. The highest BCUT2D eigenvalue weighted by Crippen LogP contribution is 2.64. The summed E-state index contributed by atoms with van der Waals surface area (Å²) in [5, 5.41) is 23.3. The van der Waals surface area contributed by atoms with Crippen molar-refractivity contribution in [3.05, 3.63) is 36.0 Å². The second kappa shape index (κ2) is 8.96. The zero-order chi connectivity index (χ0) is 25.6. The van der Waals surface area contributed by atoms with Gasteiger partial charge in [-0.15, -0.1) is 0 Å². The standard InChI is InChI=1S/C26H36O8/c1-14(2)23(30)34-22-21(33-16(4)27)25(6)15(3)8-9-18(28)20(25)24(5,26(22,7)31)11-10-17-12-19(29)32-13-17/h10-12,14,18,20-22,28,31H,3,8-9,13H2,1-2,4-7H3. The fourth-order valence-corrected chi connectivity index (χ4v) is 5.85. The van der Waals surface area contributed by atoms with Gasteiger partial charge < -0.3 is 24.4 Å². The Bertz CT molecular complexity index is 944. The summed E-state index contributed by atoms with van der Waals surface area (Å²) in [4.78, 5) is 36.4. The smallest absolute Gasteiger partial charge is 0.331 e. The molecule has 0 aromatic rings. The molecule has 0 saturated heterocycles. The van der Waals surface area contributed by atoms with Crippen LogP contribution in [0.5, 0.6) is 0 Å². The van der Waals surface area contributed by atoms with Gasteiger partial charge in [-0.3, -0.25) is 9.59 Å². The lowest BCUT2D eigenvalue weighted by Gasteiger charge is -2.65. The minimum Gasteiger partial charge on any atom is -0.458 e. The van der Waals surface area contributed by atoms with Crippen LogP contribution in [0.1, 0.15) is 54.4 Å². The van der Waals surface area contributed by atoms with Gasteiger partial charge in [0.15, 0.2) is 12.2 Å². The number of hydrogen-bond acceptors (Lipinski definition) is 8. The van der Waals surface area contributed by atoms with Crippen molar-refractivity contribution in [1.82, 2.24) is 0 Å². The van der Waals surface area contributed by atoms with Crippen molar-refractivity contribution < 1.29 is 38.8 Å². The maximum atomic E-state index is 12.7. The predicted molar refractivity (Wildman–Crippen MR) is 123 cm³/mol. The monoisotopic (exact) mass is 476 g/mol. The molecular weight excluding hydrogens is 440 g/mol. The molecule has 8 nitrogen and oxygen atoms in total. The van der Waals surface area contributed by atoms with E-state index in [2.05, 4.69) is 6.58 Å². The Morgan fingerprint density at radius 1 is 1.24 bits per heavy atom. The molecule has 1 heterocycles. The quantitative estimate of drug-likeness (QED) is 0.353. The van der Waals surface area contributed by atoms with E-state index in [0.29, 0.717) is 18.4 Å². The molecule has 0 amide bonds. The van der Waals surface area contributed by atoms with Gasteiger partial charge >= 0.3 is 17.9 Å². The summed E-state index contributed by atoms with van der Waals surface area (Å²) in [6.45, 7) is 14.1. The topological polar surface area (TPSA) is 119 Å². The molecule has 0 bridgehead atoms. The molecule has 7 atom stereocenters. The molecule has 2 N–H and O–H groups in total. The highest BCUT2D eigenvalue weighted by atomic mass is 16.6. The van der Waals surface area contributed by atoms with Crippen LogP contribution < -0.4 is 0 Å². The zero-order valence-electron chi connectivity index (χ0n) is 20.8. The van der Waals surface area contributed by atoms with Gasteiger partial charge in [0.25, 0.3) is 0 Å². The SMILES string of the molecule is C=C1CCC(O)C2C1(C)C(OC(C)=O)C(OC(=O)C(C)C)C(C)(O)C2(C)C=CC1=CC(=O)OC1. The molecule has 7 unspecified atom stereocenters. The van der Waals surface area contributed by atoms with Gasteiger partial charge in [-0.05, 0) is 25.3 Å². The van der Waals surface area contributed by atoms with Crippen LogP contribution in [0.2, 0.25) is 0 Å². The second-order valence-electron chi connectivity index (χ2n) is 10.6. The maximum Gasteiger partial charge on any atom is 0.331 e. The van der Waals surface area contributed by atoms with E-state index in [1.807, 2.05) is 6.92 Å². The molecule has 0 spiro atoms. The average Bonchev–Trinajstić information content (AvgIpc) is 3.15. The van der Waals surface area contributed by atoms with Gasteiger partial charge in [0.1, 0.15) is 12.2 Å². The van der Waals surface area contributed by atoms with Crippen molar-refractivity contribution in [2.45, 2.75) is 78.3 Å². The molecule has 2 aliphatic carbocycles. The first-order chi connectivity index (χ1) is 15.7. The largest absolute Gasteiger partial charge is 0.458 e. The number of esters is 3. The fourth-order valence-electron chi connectivity index (χ4n) is 5.85. The molecule has 34 heavy (non-hydrogen) atoms.